The molecule has 3 heterocycles. The van der Waals surface area contributed by atoms with Crippen LogP contribution >= 0.6 is 0 Å². The number of hydrogen-bond acceptors (Lipinski definition) is 4. The Bertz CT molecular complexity index is 1050. The maximum Gasteiger partial charge on any atom is 0.0912 e. The SMILES string of the molecule is Cc1cccc(-c2[nH]ncc2-c2ccc3nc(C)c(C)nc3c2)n1. The van der Waals surface area contributed by atoms with E-state index in [1.54, 1.807) is 0 Å². The van der Waals surface area contributed by atoms with E-state index in [1.807, 2.05) is 51.2 Å². The van der Waals surface area contributed by atoms with E-state index in [9.17, 15) is 0 Å². The number of fused-ring (bicyclic) bond motifs is 1. The van der Waals surface area contributed by atoms with Gasteiger partial charge in [0.1, 0.15) is 0 Å². The summed E-state index contributed by atoms with van der Waals surface area (Å²) < 4.78 is 0. The van der Waals surface area contributed by atoms with Crippen molar-refractivity contribution >= 4 is 11.0 Å². The summed E-state index contributed by atoms with van der Waals surface area (Å²) in [7, 11) is 0. The van der Waals surface area contributed by atoms with E-state index < -0.39 is 0 Å². The minimum Gasteiger partial charge on any atom is -0.276 e. The van der Waals surface area contributed by atoms with Crippen LogP contribution in [0.15, 0.2) is 42.6 Å². The fraction of sp³-hybridized carbons (Fsp3) is 0.158. The van der Waals surface area contributed by atoms with Gasteiger partial charge < -0.3 is 0 Å². The first-order chi connectivity index (χ1) is 11.6. The summed E-state index contributed by atoms with van der Waals surface area (Å²) in [6.07, 6.45) is 1.83. The summed E-state index contributed by atoms with van der Waals surface area (Å²) in [5, 5.41) is 7.28. The van der Waals surface area contributed by atoms with Crippen molar-refractivity contribution in [2.45, 2.75) is 20.8 Å². The second-order valence-electron chi connectivity index (χ2n) is 5.92. The van der Waals surface area contributed by atoms with Crippen molar-refractivity contribution in [2.75, 3.05) is 0 Å². The largest absolute Gasteiger partial charge is 0.276 e. The third-order valence-corrected chi connectivity index (χ3v) is 4.17. The van der Waals surface area contributed by atoms with Crippen LogP contribution in [0, 0.1) is 20.8 Å². The van der Waals surface area contributed by atoms with E-state index in [0.717, 1.165) is 50.6 Å². The van der Waals surface area contributed by atoms with E-state index in [2.05, 4.69) is 37.3 Å². The van der Waals surface area contributed by atoms with E-state index in [0.29, 0.717) is 0 Å². The predicted octanol–water partition coefficient (Wildman–Crippen LogP) is 4.01. The summed E-state index contributed by atoms with van der Waals surface area (Å²) in [6, 6.07) is 12.1. The van der Waals surface area contributed by atoms with Crippen molar-refractivity contribution in [1.29, 1.82) is 0 Å². The Morgan fingerprint density at radius 3 is 2.42 bits per heavy atom. The molecule has 0 aliphatic rings. The molecule has 0 aliphatic heterocycles. The molecule has 4 rings (SSSR count). The van der Waals surface area contributed by atoms with Gasteiger partial charge in [0.15, 0.2) is 0 Å². The van der Waals surface area contributed by atoms with Gasteiger partial charge in [-0.25, -0.2) is 9.97 Å². The van der Waals surface area contributed by atoms with Crippen LogP contribution in [0.3, 0.4) is 0 Å². The Kier molecular flexibility index (Phi) is 3.34. The molecule has 0 fully saturated rings. The molecule has 3 aromatic heterocycles. The number of benzene rings is 1. The zero-order valence-corrected chi connectivity index (χ0v) is 13.8. The maximum atomic E-state index is 4.65. The summed E-state index contributed by atoms with van der Waals surface area (Å²) in [5.74, 6) is 0. The first kappa shape index (κ1) is 14.5. The van der Waals surface area contributed by atoms with Crippen molar-refractivity contribution < 1.29 is 0 Å². The van der Waals surface area contributed by atoms with Crippen molar-refractivity contribution in [2.24, 2.45) is 0 Å². The first-order valence-electron chi connectivity index (χ1n) is 7.84. The number of H-pyrrole nitrogens is 1. The third-order valence-electron chi connectivity index (χ3n) is 4.17. The lowest BCUT2D eigenvalue weighted by atomic mass is 10.0. The second-order valence-corrected chi connectivity index (χ2v) is 5.92. The van der Waals surface area contributed by atoms with Gasteiger partial charge >= 0.3 is 0 Å². The zero-order chi connectivity index (χ0) is 16.7. The topological polar surface area (TPSA) is 67.3 Å². The van der Waals surface area contributed by atoms with Crippen LogP contribution in [0.1, 0.15) is 17.1 Å². The molecule has 24 heavy (non-hydrogen) atoms. The number of rotatable bonds is 2. The Balaban J connectivity index is 1.87. The summed E-state index contributed by atoms with van der Waals surface area (Å²) in [6.45, 7) is 5.94. The van der Waals surface area contributed by atoms with Crippen molar-refractivity contribution in [3.8, 4) is 22.5 Å². The van der Waals surface area contributed by atoms with Gasteiger partial charge in [-0.2, -0.15) is 5.10 Å². The van der Waals surface area contributed by atoms with Crippen LogP contribution in [0.4, 0.5) is 0 Å². The highest BCUT2D eigenvalue weighted by Crippen LogP contribution is 2.30. The molecular formula is C19H17N5. The van der Waals surface area contributed by atoms with E-state index >= 15 is 0 Å². The molecule has 5 nitrogen and oxygen atoms in total. The molecule has 0 amide bonds. The van der Waals surface area contributed by atoms with Crippen LogP contribution in [-0.2, 0) is 0 Å². The molecule has 118 valence electrons. The van der Waals surface area contributed by atoms with Gasteiger partial charge in [0.05, 0.1) is 40.0 Å². The lowest BCUT2D eigenvalue weighted by molar-refractivity contribution is 1.08. The first-order valence-corrected chi connectivity index (χ1v) is 7.84. The predicted molar refractivity (Wildman–Crippen MR) is 94.6 cm³/mol. The summed E-state index contributed by atoms with van der Waals surface area (Å²) in [4.78, 5) is 13.8. The van der Waals surface area contributed by atoms with Crippen molar-refractivity contribution in [3.05, 3.63) is 59.7 Å². The molecule has 0 radical (unpaired) electrons. The quantitative estimate of drug-likeness (QED) is 0.607. The number of aryl methyl sites for hydroxylation is 3. The second kappa shape index (κ2) is 5.53. The van der Waals surface area contributed by atoms with Gasteiger partial charge in [0, 0.05) is 11.3 Å². The van der Waals surface area contributed by atoms with Gasteiger partial charge in [-0.3, -0.25) is 10.1 Å². The number of hydrogen-bond donors (Lipinski definition) is 1. The molecule has 0 aliphatic carbocycles. The van der Waals surface area contributed by atoms with E-state index in [4.69, 9.17) is 0 Å². The number of nitrogens with one attached hydrogen (secondary N) is 1. The van der Waals surface area contributed by atoms with Gasteiger partial charge in [-0.05, 0) is 50.6 Å². The Morgan fingerprint density at radius 1 is 0.833 bits per heavy atom. The Labute approximate surface area is 139 Å². The molecule has 0 bridgehead atoms. The molecule has 1 aromatic carbocycles. The molecule has 0 saturated carbocycles. The maximum absolute atomic E-state index is 4.65. The summed E-state index contributed by atoms with van der Waals surface area (Å²) >= 11 is 0. The molecule has 5 heteroatoms. The van der Waals surface area contributed by atoms with Gasteiger partial charge in [-0.15, -0.1) is 0 Å². The molecule has 0 saturated heterocycles. The minimum atomic E-state index is 0.883. The molecule has 0 atom stereocenters. The molecule has 1 N–H and O–H groups in total. The lowest BCUT2D eigenvalue weighted by Crippen LogP contribution is -1.94. The van der Waals surface area contributed by atoms with Crippen molar-refractivity contribution in [1.82, 2.24) is 25.1 Å². The fourth-order valence-electron chi connectivity index (χ4n) is 2.78. The smallest absolute Gasteiger partial charge is 0.0912 e. The normalized spacial score (nSPS) is 11.1. The van der Waals surface area contributed by atoms with E-state index in [1.165, 1.54) is 0 Å². The Hall–Kier alpha value is -3.08. The number of aromatic nitrogens is 5. The van der Waals surface area contributed by atoms with Crippen LogP contribution in [0.5, 0.6) is 0 Å². The van der Waals surface area contributed by atoms with Crippen LogP contribution in [-0.4, -0.2) is 25.1 Å². The van der Waals surface area contributed by atoms with E-state index in [-0.39, 0.29) is 0 Å². The highest BCUT2D eigenvalue weighted by molar-refractivity contribution is 5.86. The molecule has 0 unspecified atom stereocenters. The number of aromatic amines is 1. The number of pyridine rings is 1. The molecular weight excluding hydrogens is 298 g/mol. The standard InChI is InChI=1S/C19H17N5/c1-11-5-4-6-17(21-11)19-15(10-20-24-19)14-7-8-16-18(9-14)23-13(3)12(2)22-16/h4-10H,1-3H3,(H,20,24). The highest BCUT2D eigenvalue weighted by atomic mass is 15.1. The third kappa shape index (κ3) is 2.44. The number of nitrogens with zero attached hydrogens (tertiary/aromatic N) is 4. The van der Waals surface area contributed by atoms with Gasteiger partial charge in [0.25, 0.3) is 0 Å². The molecule has 0 spiro atoms. The van der Waals surface area contributed by atoms with Crippen LogP contribution in [0.25, 0.3) is 33.5 Å². The lowest BCUT2D eigenvalue weighted by Gasteiger charge is -2.06. The van der Waals surface area contributed by atoms with Gasteiger partial charge in [-0.1, -0.05) is 12.1 Å². The highest BCUT2D eigenvalue weighted by Gasteiger charge is 2.12. The monoisotopic (exact) mass is 315 g/mol. The average molecular weight is 315 g/mol. The van der Waals surface area contributed by atoms with Crippen LogP contribution < -0.4 is 0 Å². The average Bonchev–Trinajstić information content (AvgIpc) is 3.05. The van der Waals surface area contributed by atoms with Gasteiger partial charge in [0.2, 0.25) is 0 Å². The van der Waals surface area contributed by atoms with Crippen LogP contribution in [0.2, 0.25) is 0 Å². The fourth-order valence-corrected chi connectivity index (χ4v) is 2.78. The Morgan fingerprint density at radius 2 is 1.62 bits per heavy atom. The molecule has 4 aromatic rings. The van der Waals surface area contributed by atoms with Crippen molar-refractivity contribution in [3.63, 3.8) is 0 Å². The zero-order valence-electron chi connectivity index (χ0n) is 13.8. The minimum absolute atomic E-state index is 0.883. The summed E-state index contributed by atoms with van der Waals surface area (Å²) in [5.41, 5.74) is 8.53.